The maximum absolute atomic E-state index is 12.8. The van der Waals surface area contributed by atoms with Crippen LogP contribution in [0.2, 0.25) is 0 Å². The summed E-state index contributed by atoms with van der Waals surface area (Å²) in [5.41, 5.74) is 0.898. The molecule has 2 atom stereocenters. The van der Waals surface area contributed by atoms with Crippen LogP contribution in [0.3, 0.4) is 0 Å². The van der Waals surface area contributed by atoms with E-state index in [9.17, 15) is 4.79 Å². The molecule has 2 saturated heterocycles. The van der Waals surface area contributed by atoms with Crippen molar-refractivity contribution in [3.8, 4) is 11.4 Å². The summed E-state index contributed by atoms with van der Waals surface area (Å²) in [6, 6.07) is 9.48. The fourth-order valence-electron chi connectivity index (χ4n) is 3.34. The number of ether oxygens (including phenoxy) is 2. The summed E-state index contributed by atoms with van der Waals surface area (Å²) in [6.45, 7) is 1.97. The third kappa shape index (κ3) is 3.43. The Bertz CT molecular complexity index is 712. The van der Waals surface area contributed by atoms with Crippen LogP contribution in [0.4, 0.5) is 0 Å². The van der Waals surface area contributed by atoms with Crippen LogP contribution in [-0.4, -0.2) is 53.4 Å². The van der Waals surface area contributed by atoms with Gasteiger partial charge in [-0.1, -0.05) is 35.5 Å². The van der Waals surface area contributed by atoms with E-state index in [-0.39, 0.29) is 11.9 Å². The van der Waals surface area contributed by atoms with Crippen molar-refractivity contribution in [2.24, 2.45) is 0 Å². The van der Waals surface area contributed by atoms with Gasteiger partial charge in [-0.3, -0.25) is 4.79 Å². The van der Waals surface area contributed by atoms with Gasteiger partial charge >= 0.3 is 0 Å². The van der Waals surface area contributed by atoms with E-state index in [1.54, 1.807) is 0 Å². The van der Waals surface area contributed by atoms with Crippen molar-refractivity contribution in [1.29, 1.82) is 0 Å². The van der Waals surface area contributed by atoms with Crippen LogP contribution in [0.1, 0.15) is 31.2 Å². The van der Waals surface area contributed by atoms with Crippen LogP contribution in [0.5, 0.6) is 0 Å². The zero-order chi connectivity index (χ0) is 17.1. The minimum atomic E-state index is -0.536. The van der Waals surface area contributed by atoms with Crippen LogP contribution < -0.4 is 0 Å². The van der Waals surface area contributed by atoms with E-state index in [1.807, 2.05) is 35.2 Å². The lowest BCUT2D eigenvalue weighted by atomic mass is 10.0. The molecular formula is C18H21N3O4. The van der Waals surface area contributed by atoms with E-state index in [0.29, 0.717) is 38.1 Å². The van der Waals surface area contributed by atoms with Crippen LogP contribution in [0, 0.1) is 0 Å². The summed E-state index contributed by atoms with van der Waals surface area (Å²) >= 11 is 0. The molecular weight excluding hydrogens is 322 g/mol. The highest BCUT2D eigenvalue weighted by molar-refractivity contribution is 5.81. The van der Waals surface area contributed by atoms with E-state index < -0.39 is 6.10 Å². The van der Waals surface area contributed by atoms with Gasteiger partial charge in [0.1, 0.15) is 6.04 Å². The smallest absolute Gasteiger partial charge is 0.254 e. The molecule has 0 radical (unpaired) electrons. The van der Waals surface area contributed by atoms with Gasteiger partial charge in [0.05, 0.1) is 19.8 Å². The molecule has 0 unspecified atom stereocenters. The minimum absolute atomic E-state index is 0.0520. The summed E-state index contributed by atoms with van der Waals surface area (Å²) in [6.07, 6.45) is 2.27. The maximum atomic E-state index is 12.8. The minimum Gasteiger partial charge on any atom is -0.376 e. The third-order valence-corrected chi connectivity index (χ3v) is 4.64. The lowest BCUT2D eigenvalue weighted by molar-refractivity contribution is -0.162. The molecule has 2 aromatic rings. The standard InChI is InChI=1S/C18H21N3O4/c22-18(15-12-23-10-11-24-15)21-9-5-4-8-14(21)17-19-16(20-25-17)13-6-2-1-3-7-13/h1-3,6-7,14-15H,4-5,8-12H2/t14-,15-/m1/s1. The molecule has 0 N–H and O–H groups in total. The highest BCUT2D eigenvalue weighted by Crippen LogP contribution is 2.32. The van der Waals surface area contributed by atoms with Crippen LogP contribution in [0.25, 0.3) is 11.4 Å². The van der Waals surface area contributed by atoms with Crippen LogP contribution in [0.15, 0.2) is 34.9 Å². The molecule has 4 rings (SSSR count). The van der Waals surface area contributed by atoms with Gasteiger partial charge in [-0.15, -0.1) is 0 Å². The van der Waals surface area contributed by atoms with Crippen molar-refractivity contribution in [3.63, 3.8) is 0 Å². The molecule has 25 heavy (non-hydrogen) atoms. The number of nitrogens with zero attached hydrogens (tertiary/aromatic N) is 3. The summed E-state index contributed by atoms with van der Waals surface area (Å²) in [5.74, 6) is 0.985. The van der Waals surface area contributed by atoms with Crippen molar-refractivity contribution >= 4 is 5.91 Å². The number of piperidine rings is 1. The van der Waals surface area contributed by atoms with Gasteiger partial charge in [0.15, 0.2) is 6.10 Å². The fraction of sp³-hybridized carbons (Fsp3) is 0.500. The number of likely N-dealkylation sites (tertiary alicyclic amines) is 1. The van der Waals surface area contributed by atoms with Gasteiger partial charge in [0.25, 0.3) is 5.91 Å². The molecule has 0 aliphatic carbocycles. The largest absolute Gasteiger partial charge is 0.376 e. The van der Waals surface area contributed by atoms with Gasteiger partial charge < -0.3 is 18.9 Å². The van der Waals surface area contributed by atoms with Crippen molar-refractivity contribution in [1.82, 2.24) is 15.0 Å². The zero-order valence-electron chi connectivity index (χ0n) is 14.0. The summed E-state index contributed by atoms with van der Waals surface area (Å²) < 4.78 is 16.4. The van der Waals surface area contributed by atoms with E-state index in [2.05, 4.69) is 10.1 Å². The summed E-state index contributed by atoms with van der Waals surface area (Å²) in [5, 5.41) is 4.09. The number of rotatable bonds is 3. The molecule has 2 aliphatic heterocycles. The number of aromatic nitrogens is 2. The molecule has 3 heterocycles. The molecule has 0 spiro atoms. The van der Waals surface area contributed by atoms with Gasteiger partial charge in [0, 0.05) is 12.1 Å². The Morgan fingerprint density at radius 3 is 2.84 bits per heavy atom. The second-order valence-electron chi connectivity index (χ2n) is 6.30. The van der Waals surface area contributed by atoms with E-state index in [1.165, 1.54) is 0 Å². The highest BCUT2D eigenvalue weighted by Gasteiger charge is 2.36. The Kier molecular flexibility index (Phi) is 4.76. The quantitative estimate of drug-likeness (QED) is 0.850. The molecule has 7 heteroatoms. The van der Waals surface area contributed by atoms with E-state index >= 15 is 0 Å². The van der Waals surface area contributed by atoms with Crippen LogP contribution >= 0.6 is 0 Å². The van der Waals surface area contributed by atoms with Crippen molar-refractivity contribution in [2.75, 3.05) is 26.4 Å². The first kappa shape index (κ1) is 16.2. The molecule has 2 fully saturated rings. The number of benzene rings is 1. The first-order valence-electron chi connectivity index (χ1n) is 8.72. The van der Waals surface area contributed by atoms with Gasteiger partial charge in [-0.25, -0.2) is 0 Å². The first-order valence-corrected chi connectivity index (χ1v) is 8.72. The Morgan fingerprint density at radius 1 is 1.16 bits per heavy atom. The average molecular weight is 343 g/mol. The lowest BCUT2D eigenvalue weighted by Gasteiger charge is -2.36. The van der Waals surface area contributed by atoms with Crippen molar-refractivity contribution in [2.45, 2.75) is 31.4 Å². The molecule has 0 saturated carbocycles. The third-order valence-electron chi connectivity index (χ3n) is 4.64. The number of carbonyl (C=O) groups is 1. The number of amides is 1. The Hall–Kier alpha value is -2.25. The topological polar surface area (TPSA) is 77.7 Å². The predicted molar refractivity (Wildman–Crippen MR) is 88.6 cm³/mol. The first-order chi connectivity index (χ1) is 12.3. The monoisotopic (exact) mass is 343 g/mol. The number of hydrogen-bond donors (Lipinski definition) is 0. The lowest BCUT2D eigenvalue weighted by Crippen LogP contribution is -2.48. The SMILES string of the molecule is O=C([C@H]1COCCO1)N1CCCC[C@@H]1c1nc(-c2ccccc2)no1. The van der Waals surface area contributed by atoms with Crippen molar-refractivity contribution < 1.29 is 18.8 Å². The van der Waals surface area contributed by atoms with Crippen LogP contribution in [-0.2, 0) is 14.3 Å². The Balaban J connectivity index is 1.55. The fourth-order valence-corrected chi connectivity index (χ4v) is 3.34. The number of carbonyl (C=O) groups excluding carboxylic acids is 1. The summed E-state index contributed by atoms with van der Waals surface area (Å²) in [7, 11) is 0. The average Bonchev–Trinajstić information content (AvgIpc) is 3.19. The van der Waals surface area contributed by atoms with Gasteiger partial charge in [-0.2, -0.15) is 4.98 Å². The Labute approximate surface area is 145 Å². The van der Waals surface area contributed by atoms with Gasteiger partial charge in [-0.05, 0) is 19.3 Å². The summed E-state index contributed by atoms with van der Waals surface area (Å²) in [4.78, 5) is 19.2. The Morgan fingerprint density at radius 2 is 2.04 bits per heavy atom. The number of hydrogen-bond acceptors (Lipinski definition) is 6. The molecule has 2 aliphatic rings. The van der Waals surface area contributed by atoms with E-state index in [4.69, 9.17) is 14.0 Å². The normalized spacial score (nSPS) is 24.2. The molecule has 1 aromatic heterocycles. The van der Waals surface area contributed by atoms with E-state index in [0.717, 1.165) is 24.8 Å². The highest BCUT2D eigenvalue weighted by atomic mass is 16.6. The van der Waals surface area contributed by atoms with Gasteiger partial charge in [0.2, 0.25) is 11.7 Å². The molecule has 0 bridgehead atoms. The van der Waals surface area contributed by atoms with Crippen molar-refractivity contribution in [3.05, 3.63) is 36.2 Å². The zero-order valence-corrected chi connectivity index (χ0v) is 14.0. The molecule has 132 valence electrons. The second-order valence-corrected chi connectivity index (χ2v) is 6.30. The molecule has 7 nitrogen and oxygen atoms in total. The maximum Gasteiger partial charge on any atom is 0.254 e. The molecule has 1 aromatic carbocycles. The predicted octanol–water partition coefficient (Wildman–Crippen LogP) is 2.21. The molecule has 1 amide bonds. The second kappa shape index (κ2) is 7.33.